The van der Waals surface area contributed by atoms with E-state index < -0.39 is 35.2 Å². The summed E-state index contributed by atoms with van der Waals surface area (Å²) in [5.74, 6) is -1.30. The van der Waals surface area contributed by atoms with Gasteiger partial charge in [0.15, 0.2) is 0 Å². The Morgan fingerprint density at radius 2 is 1.50 bits per heavy atom. The summed E-state index contributed by atoms with van der Waals surface area (Å²) in [6.45, 7) is 10.3. The summed E-state index contributed by atoms with van der Waals surface area (Å²) in [5, 5.41) is 2.46. The zero-order valence-corrected chi connectivity index (χ0v) is 14.2. The lowest BCUT2D eigenvalue weighted by Crippen LogP contribution is -2.46. The maximum atomic E-state index is 12.1. The molecular formula is C15H27N2O5. The standard InChI is InChI=1S/C15H27N2O5/c1-14(2,3)21-12(19)10(8-7-9-11(16)18)17-13(20)22-15(4,5)6/h10,16H,7-9H2,1-6H3,(H,17,20). The second-order valence-corrected chi connectivity index (χ2v) is 7.05. The Bertz CT molecular complexity index is 407. The molecule has 0 saturated heterocycles. The van der Waals surface area contributed by atoms with Gasteiger partial charge in [-0.15, -0.1) is 0 Å². The van der Waals surface area contributed by atoms with Gasteiger partial charge < -0.3 is 14.8 Å². The molecule has 0 bridgehead atoms. The topological polar surface area (TPSA) is 105 Å². The summed E-state index contributed by atoms with van der Waals surface area (Å²) >= 11 is 0. The Balaban J connectivity index is 4.74. The fraction of sp³-hybridized carbons (Fsp3) is 0.800. The molecule has 0 spiro atoms. The maximum absolute atomic E-state index is 12.1. The first kappa shape index (κ1) is 20.2. The smallest absolute Gasteiger partial charge is 0.408 e. The lowest BCUT2D eigenvalue weighted by molar-refractivity contribution is -0.157. The molecule has 0 aromatic rings. The van der Waals surface area contributed by atoms with Crippen molar-refractivity contribution in [3.63, 3.8) is 0 Å². The Kier molecular flexibility index (Phi) is 7.35. The second-order valence-electron chi connectivity index (χ2n) is 7.05. The van der Waals surface area contributed by atoms with Crippen molar-refractivity contribution >= 4 is 18.0 Å². The molecule has 1 atom stereocenters. The van der Waals surface area contributed by atoms with Crippen LogP contribution in [0, 0.1) is 0 Å². The summed E-state index contributed by atoms with van der Waals surface area (Å²) in [6.07, 6.45) is -0.184. The van der Waals surface area contributed by atoms with Crippen LogP contribution < -0.4 is 11.1 Å². The van der Waals surface area contributed by atoms with Crippen molar-refractivity contribution in [2.75, 3.05) is 0 Å². The van der Waals surface area contributed by atoms with Crippen molar-refractivity contribution < 1.29 is 23.9 Å². The molecule has 0 aliphatic heterocycles. The predicted octanol–water partition coefficient (Wildman–Crippen LogP) is 2.20. The normalized spacial score (nSPS) is 13.2. The van der Waals surface area contributed by atoms with E-state index in [-0.39, 0.29) is 12.8 Å². The minimum Gasteiger partial charge on any atom is -0.458 e. The maximum Gasteiger partial charge on any atom is 0.408 e. The summed E-state index contributed by atoms with van der Waals surface area (Å²) in [5.41, 5.74) is 5.50. The Morgan fingerprint density at radius 3 is 1.91 bits per heavy atom. The molecule has 0 aliphatic rings. The van der Waals surface area contributed by atoms with Gasteiger partial charge in [-0.05, 0) is 54.4 Å². The first-order chi connectivity index (χ1) is 9.80. The Labute approximate surface area is 131 Å². The zero-order chi connectivity index (χ0) is 17.6. The Hall–Kier alpha value is -1.79. The van der Waals surface area contributed by atoms with Gasteiger partial charge >= 0.3 is 12.1 Å². The van der Waals surface area contributed by atoms with E-state index in [1.54, 1.807) is 41.5 Å². The van der Waals surface area contributed by atoms with E-state index in [4.69, 9.17) is 15.2 Å². The molecule has 0 aromatic carbocycles. The largest absolute Gasteiger partial charge is 0.458 e. The highest BCUT2D eigenvalue weighted by molar-refractivity contribution is 5.81. The molecule has 2 N–H and O–H groups in total. The fourth-order valence-electron chi connectivity index (χ4n) is 1.54. The molecule has 7 nitrogen and oxygen atoms in total. The number of esters is 1. The van der Waals surface area contributed by atoms with Gasteiger partial charge in [0, 0.05) is 6.42 Å². The minimum absolute atomic E-state index is 0.0231. The van der Waals surface area contributed by atoms with Gasteiger partial charge in [-0.1, -0.05) is 0 Å². The number of nitrogens with one attached hydrogen (secondary N) is 2. The molecule has 0 heterocycles. The molecule has 1 radical (unpaired) electrons. The summed E-state index contributed by atoms with van der Waals surface area (Å²) < 4.78 is 10.4. The van der Waals surface area contributed by atoms with Crippen LogP contribution in [0.2, 0.25) is 0 Å². The SMILES string of the molecule is CC(C)(C)OC(=O)NC(CCCC([NH])=O)C(=O)OC(C)(C)C. The highest BCUT2D eigenvalue weighted by Crippen LogP contribution is 2.13. The van der Waals surface area contributed by atoms with E-state index in [0.717, 1.165) is 0 Å². The fourth-order valence-corrected chi connectivity index (χ4v) is 1.54. The minimum atomic E-state index is -0.909. The van der Waals surface area contributed by atoms with Gasteiger partial charge in [-0.3, -0.25) is 10.5 Å². The molecule has 7 heteroatoms. The molecule has 2 amide bonds. The quantitative estimate of drug-likeness (QED) is 0.756. The number of alkyl carbamates (subject to hydrolysis) is 1. The van der Waals surface area contributed by atoms with Crippen molar-refractivity contribution in [2.45, 2.75) is 78.0 Å². The van der Waals surface area contributed by atoms with Crippen molar-refractivity contribution in [1.29, 1.82) is 0 Å². The van der Waals surface area contributed by atoms with Crippen LogP contribution in [0.4, 0.5) is 4.79 Å². The molecule has 0 aliphatic carbocycles. The van der Waals surface area contributed by atoms with Crippen molar-refractivity contribution in [3.05, 3.63) is 0 Å². The number of carbonyl (C=O) groups is 3. The van der Waals surface area contributed by atoms with Gasteiger partial charge in [0.1, 0.15) is 17.2 Å². The van der Waals surface area contributed by atoms with Crippen molar-refractivity contribution in [3.8, 4) is 0 Å². The van der Waals surface area contributed by atoms with Crippen LogP contribution in [0.3, 0.4) is 0 Å². The number of amides is 2. The van der Waals surface area contributed by atoms with E-state index in [1.807, 2.05) is 0 Å². The molecule has 22 heavy (non-hydrogen) atoms. The zero-order valence-electron chi connectivity index (χ0n) is 14.2. The predicted molar refractivity (Wildman–Crippen MR) is 81.0 cm³/mol. The van der Waals surface area contributed by atoms with Gasteiger partial charge in [-0.25, -0.2) is 9.59 Å². The lowest BCUT2D eigenvalue weighted by Gasteiger charge is -2.26. The monoisotopic (exact) mass is 315 g/mol. The third-order valence-corrected chi connectivity index (χ3v) is 2.28. The van der Waals surface area contributed by atoms with E-state index in [9.17, 15) is 14.4 Å². The molecular weight excluding hydrogens is 288 g/mol. The van der Waals surface area contributed by atoms with Gasteiger partial charge in [0.05, 0.1) is 0 Å². The van der Waals surface area contributed by atoms with Gasteiger partial charge in [0.25, 0.3) is 0 Å². The summed E-state index contributed by atoms with van der Waals surface area (Å²) in [6, 6.07) is -0.909. The number of rotatable bonds is 6. The van der Waals surface area contributed by atoms with Crippen molar-refractivity contribution in [1.82, 2.24) is 11.1 Å². The van der Waals surface area contributed by atoms with Crippen LogP contribution >= 0.6 is 0 Å². The second kappa shape index (κ2) is 8.00. The number of hydrogen-bond acceptors (Lipinski definition) is 5. The van der Waals surface area contributed by atoms with Crippen LogP contribution in [-0.2, 0) is 19.1 Å². The van der Waals surface area contributed by atoms with E-state index in [1.165, 1.54) is 0 Å². The van der Waals surface area contributed by atoms with Crippen LogP contribution in [0.25, 0.3) is 0 Å². The van der Waals surface area contributed by atoms with Gasteiger partial charge in [-0.2, -0.15) is 0 Å². The number of ether oxygens (including phenoxy) is 2. The lowest BCUT2D eigenvalue weighted by atomic mass is 10.1. The highest BCUT2D eigenvalue weighted by atomic mass is 16.6. The summed E-state index contributed by atoms with van der Waals surface area (Å²) in [4.78, 5) is 34.6. The third kappa shape index (κ3) is 10.9. The average Bonchev–Trinajstić information content (AvgIpc) is 2.21. The highest BCUT2D eigenvalue weighted by Gasteiger charge is 2.28. The van der Waals surface area contributed by atoms with E-state index in [2.05, 4.69) is 5.32 Å². The molecule has 0 aromatic heterocycles. The van der Waals surface area contributed by atoms with E-state index >= 15 is 0 Å². The average molecular weight is 315 g/mol. The first-order valence-corrected chi connectivity index (χ1v) is 7.27. The molecule has 0 saturated carbocycles. The molecule has 127 valence electrons. The van der Waals surface area contributed by atoms with Crippen LogP contribution in [-0.4, -0.2) is 35.2 Å². The molecule has 0 rings (SSSR count). The van der Waals surface area contributed by atoms with E-state index in [0.29, 0.717) is 6.42 Å². The van der Waals surface area contributed by atoms with Crippen LogP contribution in [0.15, 0.2) is 0 Å². The molecule has 0 fully saturated rings. The van der Waals surface area contributed by atoms with Crippen LogP contribution in [0.1, 0.15) is 60.8 Å². The third-order valence-electron chi connectivity index (χ3n) is 2.28. The number of carbonyl (C=O) groups excluding carboxylic acids is 3. The summed E-state index contributed by atoms with van der Waals surface area (Å²) in [7, 11) is 0. The first-order valence-electron chi connectivity index (χ1n) is 7.27. The van der Waals surface area contributed by atoms with Crippen LogP contribution in [0.5, 0.6) is 0 Å². The van der Waals surface area contributed by atoms with Gasteiger partial charge in [0.2, 0.25) is 5.91 Å². The Morgan fingerprint density at radius 1 is 1.00 bits per heavy atom. The van der Waals surface area contributed by atoms with Crippen molar-refractivity contribution in [2.24, 2.45) is 0 Å². The molecule has 1 unspecified atom stereocenters. The number of hydrogen-bond donors (Lipinski definition) is 1.